The van der Waals surface area contributed by atoms with Crippen LogP contribution in [0, 0.1) is 11.7 Å². The SMILES string of the molecule is CC1CNCCC1NC(=O)CNC(=O)Cc1cccc(F)c1.Cl. The maximum Gasteiger partial charge on any atom is 0.239 e. The van der Waals surface area contributed by atoms with Crippen molar-refractivity contribution in [2.75, 3.05) is 19.6 Å². The Labute approximate surface area is 141 Å². The minimum atomic E-state index is -0.372. The number of halogens is 2. The van der Waals surface area contributed by atoms with Crippen LogP contribution in [-0.2, 0) is 16.0 Å². The predicted octanol–water partition coefficient (Wildman–Crippen LogP) is 1.02. The zero-order valence-electron chi connectivity index (χ0n) is 13.1. The molecule has 1 aliphatic heterocycles. The van der Waals surface area contributed by atoms with Crippen molar-refractivity contribution in [1.82, 2.24) is 16.0 Å². The van der Waals surface area contributed by atoms with Crippen LogP contribution < -0.4 is 16.0 Å². The quantitative estimate of drug-likeness (QED) is 0.747. The van der Waals surface area contributed by atoms with E-state index in [2.05, 4.69) is 22.9 Å². The fourth-order valence-corrected chi connectivity index (χ4v) is 2.56. The van der Waals surface area contributed by atoms with E-state index >= 15 is 0 Å². The van der Waals surface area contributed by atoms with E-state index in [9.17, 15) is 14.0 Å². The van der Waals surface area contributed by atoms with Gasteiger partial charge in [0.15, 0.2) is 0 Å². The Balaban J connectivity index is 0.00000264. The van der Waals surface area contributed by atoms with Gasteiger partial charge in [0.25, 0.3) is 0 Å². The lowest BCUT2D eigenvalue weighted by atomic mass is 9.95. The zero-order valence-corrected chi connectivity index (χ0v) is 13.9. The minimum absolute atomic E-state index is 0. The molecule has 128 valence electrons. The van der Waals surface area contributed by atoms with Crippen molar-refractivity contribution >= 4 is 24.2 Å². The lowest BCUT2D eigenvalue weighted by Gasteiger charge is -2.30. The molecule has 2 rings (SSSR count). The second kappa shape index (κ2) is 9.47. The van der Waals surface area contributed by atoms with Crippen LogP contribution in [0.1, 0.15) is 18.9 Å². The molecule has 0 spiro atoms. The van der Waals surface area contributed by atoms with Gasteiger partial charge in [-0.25, -0.2) is 4.39 Å². The third kappa shape index (κ3) is 6.54. The lowest BCUT2D eigenvalue weighted by molar-refractivity contribution is -0.126. The zero-order chi connectivity index (χ0) is 15.9. The molecular weight excluding hydrogens is 321 g/mol. The van der Waals surface area contributed by atoms with Crippen LogP contribution in [0.5, 0.6) is 0 Å². The molecule has 7 heteroatoms. The van der Waals surface area contributed by atoms with Crippen molar-refractivity contribution in [1.29, 1.82) is 0 Å². The average molecular weight is 344 g/mol. The first-order chi connectivity index (χ1) is 10.5. The van der Waals surface area contributed by atoms with Crippen molar-refractivity contribution in [2.45, 2.75) is 25.8 Å². The Bertz CT molecular complexity index is 542. The van der Waals surface area contributed by atoms with Crippen LogP contribution in [0.25, 0.3) is 0 Å². The van der Waals surface area contributed by atoms with Crippen LogP contribution in [0.4, 0.5) is 4.39 Å². The van der Waals surface area contributed by atoms with Gasteiger partial charge >= 0.3 is 0 Å². The number of rotatable bonds is 5. The smallest absolute Gasteiger partial charge is 0.239 e. The van der Waals surface area contributed by atoms with Crippen molar-refractivity contribution in [3.63, 3.8) is 0 Å². The summed E-state index contributed by atoms with van der Waals surface area (Å²) in [6, 6.07) is 6.03. The van der Waals surface area contributed by atoms with Crippen LogP contribution >= 0.6 is 12.4 Å². The third-order valence-electron chi connectivity index (χ3n) is 3.83. The first-order valence-electron chi connectivity index (χ1n) is 7.56. The summed E-state index contributed by atoms with van der Waals surface area (Å²) >= 11 is 0. The first-order valence-corrected chi connectivity index (χ1v) is 7.56. The summed E-state index contributed by atoms with van der Waals surface area (Å²) in [5, 5.41) is 8.78. The lowest BCUT2D eigenvalue weighted by Crippen LogP contribution is -2.50. The first kappa shape index (κ1) is 19.4. The highest BCUT2D eigenvalue weighted by molar-refractivity contribution is 5.86. The van der Waals surface area contributed by atoms with E-state index in [0.29, 0.717) is 11.5 Å². The highest BCUT2D eigenvalue weighted by Gasteiger charge is 2.22. The van der Waals surface area contributed by atoms with Gasteiger partial charge in [-0.15, -0.1) is 12.4 Å². The Morgan fingerprint density at radius 1 is 1.35 bits per heavy atom. The van der Waals surface area contributed by atoms with Crippen LogP contribution in [0.15, 0.2) is 24.3 Å². The van der Waals surface area contributed by atoms with E-state index in [1.807, 2.05) is 0 Å². The molecule has 1 heterocycles. The molecule has 1 saturated heterocycles. The highest BCUT2D eigenvalue weighted by atomic mass is 35.5. The number of hydrogen-bond donors (Lipinski definition) is 3. The fourth-order valence-electron chi connectivity index (χ4n) is 2.56. The number of carbonyl (C=O) groups is 2. The van der Waals surface area contributed by atoms with Crippen molar-refractivity contribution in [3.8, 4) is 0 Å². The van der Waals surface area contributed by atoms with Gasteiger partial charge < -0.3 is 16.0 Å². The molecule has 0 aliphatic carbocycles. The molecule has 0 bridgehead atoms. The Hall–Kier alpha value is -1.66. The molecule has 1 aliphatic rings. The van der Waals surface area contributed by atoms with Crippen LogP contribution in [0.2, 0.25) is 0 Å². The number of nitrogens with one attached hydrogen (secondary N) is 3. The Kier molecular flexibility index (Phi) is 7.98. The normalized spacial score (nSPS) is 20.3. The van der Waals surface area contributed by atoms with E-state index in [4.69, 9.17) is 0 Å². The molecule has 1 aromatic rings. The molecule has 0 aromatic heterocycles. The van der Waals surface area contributed by atoms with E-state index < -0.39 is 0 Å². The predicted molar refractivity (Wildman–Crippen MR) is 88.9 cm³/mol. The monoisotopic (exact) mass is 343 g/mol. The van der Waals surface area contributed by atoms with Gasteiger partial charge in [-0.3, -0.25) is 9.59 Å². The van der Waals surface area contributed by atoms with Crippen molar-refractivity contribution in [3.05, 3.63) is 35.6 Å². The second-order valence-corrected chi connectivity index (χ2v) is 5.73. The van der Waals surface area contributed by atoms with Gasteiger partial charge in [0.2, 0.25) is 11.8 Å². The van der Waals surface area contributed by atoms with Gasteiger partial charge in [0, 0.05) is 6.04 Å². The van der Waals surface area contributed by atoms with E-state index in [1.54, 1.807) is 12.1 Å². The second-order valence-electron chi connectivity index (χ2n) is 5.73. The van der Waals surface area contributed by atoms with E-state index in [1.165, 1.54) is 12.1 Å². The van der Waals surface area contributed by atoms with Crippen LogP contribution in [0.3, 0.4) is 0 Å². The summed E-state index contributed by atoms with van der Waals surface area (Å²) in [7, 11) is 0. The summed E-state index contributed by atoms with van der Waals surface area (Å²) in [5.74, 6) is -0.478. The molecular formula is C16H23ClFN3O2. The van der Waals surface area contributed by atoms with E-state index in [0.717, 1.165) is 19.5 Å². The molecule has 2 unspecified atom stereocenters. The molecule has 2 amide bonds. The maximum absolute atomic E-state index is 13.0. The third-order valence-corrected chi connectivity index (χ3v) is 3.83. The summed E-state index contributed by atoms with van der Waals surface area (Å²) in [6.07, 6.45) is 0.957. The largest absolute Gasteiger partial charge is 0.351 e. The van der Waals surface area contributed by atoms with Crippen molar-refractivity contribution < 1.29 is 14.0 Å². The molecule has 0 saturated carbocycles. The van der Waals surface area contributed by atoms with Crippen molar-refractivity contribution in [2.24, 2.45) is 5.92 Å². The standard InChI is InChI=1S/C16H22FN3O2.ClH/c1-11-9-18-6-5-14(11)20-16(22)10-19-15(21)8-12-3-2-4-13(17)7-12;/h2-4,7,11,14,18H,5-6,8-10H2,1H3,(H,19,21)(H,20,22);1H. The Morgan fingerprint density at radius 3 is 2.83 bits per heavy atom. The van der Waals surface area contributed by atoms with Gasteiger partial charge in [-0.2, -0.15) is 0 Å². The number of amides is 2. The molecule has 1 aromatic carbocycles. The van der Waals surface area contributed by atoms with E-state index in [-0.39, 0.29) is 49.0 Å². The number of benzene rings is 1. The minimum Gasteiger partial charge on any atom is -0.351 e. The number of hydrogen-bond acceptors (Lipinski definition) is 3. The number of piperidine rings is 1. The highest BCUT2D eigenvalue weighted by Crippen LogP contribution is 2.09. The number of carbonyl (C=O) groups excluding carboxylic acids is 2. The molecule has 3 N–H and O–H groups in total. The van der Waals surface area contributed by atoms with Gasteiger partial charge in [0.1, 0.15) is 5.82 Å². The van der Waals surface area contributed by atoms with Gasteiger partial charge in [0.05, 0.1) is 13.0 Å². The Morgan fingerprint density at radius 2 is 2.13 bits per heavy atom. The topological polar surface area (TPSA) is 70.2 Å². The fraction of sp³-hybridized carbons (Fsp3) is 0.500. The summed E-state index contributed by atoms with van der Waals surface area (Å²) in [4.78, 5) is 23.6. The van der Waals surface area contributed by atoms with Gasteiger partial charge in [-0.05, 0) is 43.1 Å². The van der Waals surface area contributed by atoms with Crippen LogP contribution in [-0.4, -0.2) is 37.5 Å². The maximum atomic E-state index is 13.0. The molecule has 1 fully saturated rings. The molecule has 2 atom stereocenters. The molecule has 23 heavy (non-hydrogen) atoms. The molecule has 0 radical (unpaired) electrons. The van der Waals surface area contributed by atoms with Gasteiger partial charge in [-0.1, -0.05) is 19.1 Å². The average Bonchev–Trinajstić information content (AvgIpc) is 2.48. The summed E-state index contributed by atoms with van der Waals surface area (Å²) in [5.41, 5.74) is 0.588. The molecule has 5 nitrogen and oxygen atoms in total. The summed E-state index contributed by atoms with van der Waals surface area (Å²) in [6.45, 7) is 3.81. The summed E-state index contributed by atoms with van der Waals surface area (Å²) < 4.78 is 13.0.